The van der Waals surface area contributed by atoms with E-state index < -0.39 is 23.6 Å². The Hall–Kier alpha value is -2.77. The molecule has 2 amide bonds. The Bertz CT molecular complexity index is 855. The summed E-state index contributed by atoms with van der Waals surface area (Å²) in [5.41, 5.74) is 0.633. The van der Waals surface area contributed by atoms with Crippen molar-refractivity contribution in [2.24, 2.45) is 0 Å². The molecule has 1 fully saturated rings. The number of hydrogen-bond acceptors (Lipinski definition) is 4. The van der Waals surface area contributed by atoms with Gasteiger partial charge in [0, 0.05) is 12.1 Å². The minimum absolute atomic E-state index is 0.0229. The zero-order valence-electron chi connectivity index (χ0n) is 13.2. The van der Waals surface area contributed by atoms with E-state index in [1.165, 1.54) is 24.3 Å². The third-order valence-electron chi connectivity index (χ3n) is 4.70. The highest BCUT2D eigenvalue weighted by Crippen LogP contribution is 2.31. The zero-order valence-corrected chi connectivity index (χ0v) is 13.2. The summed E-state index contributed by atoms with van der Waals surface area (Å²) in [6, 6.07) is 12.7. The van der Waals surface area contributed by atoms with Crippen molar-refractivity contribution in [1.29, 1.82) is 0 Å². The van der Waals surface area contributed by atoms with Crippen LogP contribution >= 0.6 is 0 Å². The molecule has 4 rings (SSSR count). The van der Waals surface area contributed by atoms with Crippen LogP contribution in [-0.4, -0.2) is 34.7 Å². The Labute approximate surface area is 143 Å². The standard InChI is InChI=1S/C18H16FN3O3/c19-13-7-5-12(6-8-13)18(16(24)20-17(25)21-18)10-22-9-11-3-1-2-4-14(11)15(22)23/h1-8,17,21,25H,9-10H2,(H,20,24)/t17?,18-/m0/s1. The van der Waals surface area contributed by atoms with E-state index in [1.54, 1.807) is 17.0 Å². The Morgan fingerprint density at radius 2 is 1.88 bits per heavy atom. The van der Waals surface area contributed by atoms with Gasteiger partial charge in [0.2, 0.25) is 5.91 Å². The number of halogens is 1. The lowest BCUT2D eigenvalue weighted by Gasteiger charge is -2.31. The second-order valence-corrected chi connectivity index (χ2v) is 6.25. The third kappa shape index (κ3) is 2.48. The smallest absolute Gasteiger partial charge is 0.254 e. The second kappa shape index (κ2) is 5.65. The van der Waals surface area contributed by atoms with Gasteiger partial charge in [-0.15, -0.1) is 0 Å². The molecule has 1 saturated heterocycles. The Balaban J connectivity index is 1.70. The molecule has 2 aromatic rings. The van der Waals surface area contributed by atoms with Gasteiger partial charge in [-0.25, -0.2) is 4.39 Å². The maximum absolute atomic E-state index is 13.3. The first-order chi connectivity index (χ1) is 12.0. The van der Waals surface area contributed by atoms with Crippen molar-refractivity contribution in [1.82, 2.24) is 15.5 Å². The summed E-state index contributed by atoms with van der Waals surface area (Å²) in [7, 11) is 0. The first kappa shape index (κ1) is 15.7. The highest BCUT2D eigenvalue weighted by atomic mass is 19.1. The first-order valence-electron chi connectivity index (χ1n) is 7.89. The van der Waals surface area contributed by atoms with E-state index in [0.717, 1.165) is 5.56 Å². The average Bonchev–Trinajstić information content (AvgIpc) is 3.06. The fourth-order valence-electron chi connectivity index (χ4n) is 3.47. The Morgan fingerprint density at radius 3 is 2.52 bits per heavy atom. The van der Waals surface area contributed by atoms with Crippen LogP contribution in [0.4, 0.5) is 4.39 Å². The van der Waals surface area contributed by atoms with Crippen LogP contribution in [0.15, 0.2) is 48.5 Å². The van der Waals surface area contributed by atoms with E-state index in [2.05, 4.69) is 10.6 Å². The number of aliphatic hydroxyl groups is 1. The number of fused-ring (bicyclic) bond motifs is 1. The number of nitrogens with zero attached hydrogens (tertiary/aromatic N) is 1. The topological polar surface area (TPSA) is 81.7 Å². The predicted molar refractivity (Wildman–Crippen MR) is 86.5 cm³/mol. The molecule has 0 radical (unpaired) electrons. The molecule has 2 aromatic carbocycles. The lowest BCUT2D eigenvalue weighted by molar-refractivity contribution is -0.125. The van der Waals surface area contributed by atoms with Gasteiger partial charge in [0.25, 0.3) is 5.91 Å². The van der Waals surface area contributed by atoms with E-state index in [1.807, 2.05) is 12.1 Å². The number of aliphatic hydroxyl groups excluding tert-OH is 1. The summed E-state index contributed by atoms with van der Waals surface area (Å²) < 4.78 is 13.3. The molecule has 0 bridgehead atoms. The molecule has 1 unspecified atom stereocenters. The lowest BCUT2D eigenvalue weighted by Crippen LogP contribution is -2.53. The van der Waals surface area contributed by atoms with Gasteiger partial charge in [-0.1, -0.05) is 30.3 Å². The number of carbonyl (C=O) groups excluding carboxylic acids is 2. The molecular formula is C18H16FN3O3. The van der Waals surface area contributed by atoms with E-state index in [-0.39, 0.29) is 12.5 Å². The fraction of sp³-hybridized carbons (Fsp3) is 0.222. The van der Waals surface area contributed by atoms with Crippen molar-refractivity contribution in [3.63, 3.8) is 0 Å². The molecule has 0 aliphatic carbocycles. The molecule has 25 heavy (non-hydrogen) atoms. The summed E-state index contributed by atoms with van der Waals surface area (Å²) in [6.45, 7) is 0.401. The number of amides is 2. The molecule has 3 N–H and O–H groups in total. The third-order valence-corrected chi connectivity index (χ3v) is 4.70. The van der Waals surface area contributed by atoms with Crippen LogP contribution in [-0.2, 0) is 16.9 Å². The largest absolute Gasteiger partial charge is 0.361 e. The molecule has 2 aliphatic rings. The number of nitrogens with one attached hydrogen (secondary N) is 2. The highest BCUT2D eigenvalue weighted by molar-refractivity contribution is 5.99. The average molecular weight is 341 g/mol. The van der Waals surface area contributed by atoms with Gasteiger partial charge >= 0.3 is 0 Å². The van der Waals surface area contributed by atoms with Crippen LogP contribution in [0.2, 0.25) is 0 Å². The van der Waals surface area contributed by atoms with Crippen molar-refractivity contribution in [2.75, 3.05) is 6.54 Å². The fourth-order valence-corrected chi connectivity index (χ4v) is 3.47. The van der Waals surface area contributed by atoms with E-state index in [4.69, 9.17) is 0 Å². The van der Waals surface area contributed by atoms with Gasteiger partial charge in [0.1, 0.15) is 11.4 Å². The predicted octanol–water partition coefficient (Wildman–Crippen LogP) is 0.672. The molecule has 2 aliphatic heterocycles. The Morgan fingerprint density at radius 1 is 1.16 bits per heavy atom. The number of hydrogen-bond donors (Lipinski definition) is 3. The van der Waals surface area contributed by atoms with Crippen LogP contribution < -0.4 is 10.6 Å². The maximum Gasteiger partial charge on any atom is 0.254 e. The van der Waals surface area contributed by atoms with Gasteiger partial charge < -0.3 is 15.3 Å². The Kier molecular flexibility index (Phi) is 3.55. The minimum atomic E-state index is -1.34. The van der Waals surface area contributed by atoms with Crippen LogP contribution in [0, 0.1) is 5.82 Å². The van der Waals surface area contributed by atoms with Gasteiger partial charge in [0.05, 0.1) is 6.54 Å². The minimum Gasteiger partial charge on any atom is -0.361 e. The van der Waals surface area contributed by atoms with Crippen molar-refractivity contribution in [2.45, 2.75) is 18.4 Å². The molecule has 6 nitrogen and oxygen atoms in total. The second-order valence-electron chi connectivity index (χ2n) is 6.25. The summed E-state index contributed by atoms with van der Waals surface area (Å²) in [5, 5.41) is 15.1. The molecule has 2 atom stereocenters. The van der Waals surface area contributed by atoms with Crippen LogP contribution in [0.1, 0.15) is 21.5 Å². The van der Waals surface area contributed by atoms with Crippen LogP contribution in [0.3, 0.4) is 0 Å². The van der Waals surface area contributed by atoms with E-state index in [9.17, 15) is 19.1 Å². The van der Waals surface area contributed by atoms with Crippen molar-refractivity contribution >= 4 is 11.8 Å². The van der Waals surface area contributed by atoms with Gasteiger partial charge in [0.15, 0.2) is 6.35 Å². The lowest BCUT2D eigenvalue weighted by atomic mass is 9.89. The monoisotopic (exact) mass is 341 g/mol. The van der Waals surface area contributed by atoms with Gasteiger partial charge in [-0.05, 0) is 29.3 Å². The number of carbonyl (C=O) groups is 2. The van der Waals surface area contributed by atoms with Crippen molar-refractivity contribution in [3.8, 4) is 0 Å². The zero-order chi connectivity index (χ0) is 17.6. The van der Waals surface area contributed by atoms with Gasteiger partial charge in [-0.3, -0.25) is 14.9 Å². The molecule has 0 spiro atoms. The summed E-state index contributed by atoms with van der Waals surface area (Å²) in [4.78, 5) is 26.8. The molecular weight excluding hydrogens is 325 g/mol. The van der Waals surface area contributed by atoms with E-state index in [0.29, 0.717) is 17.7 Å². The van der Waals surface area contributed by atoms with Crippen molar-refractivity contribution in [3.05, 3.63) is 71.0 Å². The highest BCUT2D eigenvalue weighted by Gasteiger charge is 2.50. The maximum atomic E-state index is 13.3. The number of benzene rings is 2. The normalized spacial score (nSPS) is 25.2. The summed E-state index contributed by atoms with van der Waals surface area (Å²) >= 11 is 0. The van der Waals surface area contributed by atoms with Gasteiger partial charge in [-0.2, -0.15) is 0 Å². The number of rotatable bonds is 3. The summed E-state index contributed by atoms with van der Waals surface area (Å²) in [6.07, 6.45) is -1.24. The first-order valence-corrected chi connectivity index (χ1v) is 7.89. The van der Waals surface area contributed by atoms with E-state index >= 15 is 0 Å². The van der Waals surface area contributed by atoms with Crippen molar-refractivity contribution < 1.29 is 19.1 Å². The molecule has 7 heteroatoms. The molecule has 0 aromatic heterocycles. The molecule has 128 valence electrons. The SMILES string of the molecule is O=C1c2ccccc2CN1C[C@@]1(c2ccc(F)cc2)NC(O)NC1=O. The molecule has 0 saturated carbocycles. The van der Waals surface area contributed by atoms with Crippen LogP contribution in [0.5, 0.6) is 0 Å². The molecule has 2 heterocycles. The summed E-state index contributed by atoms with van der Waals surface area (Å²) in [5.74, 6) is -1.06. The van der Waals surface area contributed by atoms with Crippen LogP contribution in [0.25, 0.3) is 0 Å². The quantitative estimate of drug-likeness (QED) is 0.767.